The minimum absolute atomic E-state index is 0.0433. The quantitative estimate of drug-likeness (QED) is 0.701. The van der Waals surface area contributed by atoms with Crippen LogP contribution in [0.1, 0.15) is 58.3 Å². The molecule has 86 valence electrons. The van der Waals surface area contributed by atoms with Crippen molar-refractivity contribution < 1.29 is 9.90 Å². The molecular weight excluding hydrogens is 188 g/mol. The Morgan fingerprint density at radius 1 is 1.47 bits per heavy atom. The topological polar surface area (TPSA) is 37.3 Å². The molecule has 0 aromatic carbocycles. The summed E-state index contributed by atoms with van der Waals surface area (Å²) in [6.45, 7) is 2.16. The van der Waals surface area contributed by atoms with E-state index in [9.17, 15) is 4.79 Å². The molecule has 0 aromatic rings. The Balaban J connectivity index is 2.68. The van der Waals surface area contributed by atoms with Gasteiger partial charge in [-0.3, -0.25) is 4.79 Å². The fraction of sp³-hybridized carbons (Fsp3) is 0.769. The van der Waals surface area contributed by atoms with E-state index in [0.717, 1.165) is 32.1 Å². The zero-order chi connectivity index (χ0) is 11.1. The van der Waals surface area contributed by atoms with Crippen LogP contribution in [0.15, 0.2) is 12.2 Å². The van der Waals surface area contributed by atoms with E-state index in [1.165, 1.54) is 12.8 Å². The maximum Gasteiger partial charge on any atom is 0.304 e. The lowest BCUT2D eigenvalue weighted by atomic mass is 9.76. The summed E-state index contributed by atoms with van der Waals surface area (Å²) in [6.07, 6.45) is 12.6. The average Bonchev–Trinajstić information content (AvgIpc) is 2.40. The number of carboxylic acid groups (broad SMARTS) is 1. The molecule has 1 atom stereocenters. The van der Waals surface area contributed by atoms with Crippen molar-refractivity contribution >= 4 is 5.97 Å². The largest absolute Gasteiger partial charge is 0.481 e. The van der Waals surface area contributed by atoms with E-state index < -0.39 is 5.97 Å². The Kier molecular flexibility index (Phi) is 4.86. The van der Waals surface area contributed by atoms with Crippen molar-refractivity contribution in [1.82, 2.24) is 0 Å². The number of hydrogen-bond donors (Lipinski definition) is 1. The number of carboxylic acids is 1. The lowest BCUT2D eigenvalue weighted by Gasteiger charge is -2.28. The highest BCUT2D eigenvalue weighted by Crippen LogP contribution is 2.38. The molecule has 0 saturated carbocycles. The maximum absolute atomic E-state index is 10.9. The number of rotatable bonds is 5. The summed E-state index contributed by atoms with van der Waals surface area (Å²) in [5.74, 6) is -0.655. The number of allylic oxidation sites excluding steroid dienone is 2. The van der Waals surface area contributed by atoms with Crippen LogP contribution in [0.5, 0.6) is 0 Å². The van der Waals surface area contributed by atoms with Crippen LogP contribution in [0, 0.1) is 5.41 Å². The van der Waals surface area contributed by atoms with Gasteiger partial charge in [0.2, 0.25) is 0 Å². The minimum Gasteiger partial charge on any atom is -0.481 e. The van der Waals surface area contributed by atoms with Crippen molar-refractivity contribution in [3.8, 4) is 0 Å². The summed E-state index contributed by atoms with van der Waals surface area (Å²) in [5, 5.41) is 8.99. The van der Waals surface area contributed by atoms with Crippen molar-refractivity contribution in [1.29, 1.82) is 0 Å². The zero-order valence-electron chi connectivity index (χ0n) is 9.67. The first kappa shape index (κ1) is 12.3. The highest BCUT2D eigenvalue weighted by atomic mass is 16.4. The van der Waals surface area contributed by atoms with Gasteiger partial charge in [-0.15, -0.1) is 0 Å². The summed E-state index contributed by atoms with van der Waals surface area (Å²) in [7, 11) is 0. The van der Waals surface area contributed by atoms with Gasteiger partial charge >= 0.3 is 5.97 Å². The van der Waals surface area contributed by atoms with Gasteiger partial charge in [0.1, 0.15) is 0 Å². The Labute approximate surface area is 92.4 Å². The predicted molar refractivity (Wildman–Crippen MR) is 61.8 cm³/mol. The van der Waals surface area contributed by atoms with E-state index in [-0.39, 0.29) is 5.41 Å². The fourth-order valence-electron chi connectivity index (χ4n) is 2.43. The third kappa shape index (κ3) is 4.06. The summed E-state index contributed by atoms with van der Waals surface area (Å²) in [6, 6.07) is 0. The van der Waals surface area contributed by atoms with E-state index in [1.54, 1.807) is 0 Å². The van der Waals surface area contributed by atoms with E-state index in [4.69, 9.17) is 5.11 Å². The molecule has 0 aliphatic heterocycles. The second kappa shape index (κ2) is 5.94. The first-order valence-electron chi connectivity index (χ1n) is 6.08. The van der Waals surface area contributed by atoms with Crippen LogP contribution >= 0.6 is 0 Å². The first-order chi connectivity index (χ1) is 7.18. The van der Waals surface area contributed by atoms with Crippen LogP contribution in [0.3, 0.4) is 0 Å². The average molecular weight is 210 g/mol. The van der Waals surface area contributed by atoms with E-state index >= 15 is 0 Å². The Morgan fingerprint density at radius 2 is 2.27 bits per heavy atom. The van der Waals surface area contributed by atoms with Crippen molar-refractivity contribution in [3.63, 3.8) is 0 Å². The van der Waals surface area contributed by atoms with Crippen molar-refractivity contribution in [2.45, 2.75) is 58.3 Å². The van der Waals surface area contributed by atoms with Gasteiger partial charge in [0.05, 0.1) is 6.42 Å². The molecule has 0 aromatic heterocycles. The van der Waals surface area contributed by atoms with Gasteiger partial charge in [-0.25, -0.2) is 0 Å². The highest BCUT2D eigenvalue weighted by Gasteiger charge is 2.29. The lowest BCUT2D eigenvalue weighted by molar-refractivity contribution is -0.139. The predicted octanol–water partition coefficient (Wildman–Crippen LogP) is 3.77. The van der Waals surface area contributed by atoms with Gasteiger partial charge < -0.3 is 5.11 Å². The second-order valence-corrected chi connectivity index (χ2v) is 4.68. The fourth-order valence-corrected chi connectivity index (χ4v) is 2.43. The normalized spacial score (nSPS) is 26.2. The third-order valence-electron chi connectivity index (χ3n) is 3.30. The summed E-state index contributed by atoms with van der Waals surface area (Å²) >= 11 is 0. The highest BCUT2D eigenvalue weighted by molar-refractivity contribution is 5.68. The van der Waals surface area contributed by atoms with Gasteiger partial charge in [-0.2, -0.15) is 0 Å². The minimum atomic E-state index is -0.655. The smallest absolute Gasteiger partial charge is 0.304 e. The zero-order valence-corrected chi connectivity index (χ0v) is 9.67. The number of unbranched alkanes of at least 4 members (excludes halogenated alkanes) is 1. The van der Waals surface area contributed by atoms with Crippen LogP contribution in [0.4, 0.5) is 0 Å². The second-order valence-electron chi connectivity index (χ2n) is 4.68. The Bertz CT molecular complexity index is 233. The molecule has 0 bridgehead atoms. The van der Waals surface area contributed by atoms with Gasteiger partial charge in [-0.05, 0) is 31.1 Å². The summed E-state index contributed by atoms with van der Waals surface area (Å²) in [5.41, 5.74) is -0.0433. The van der Waals surface area contributed by atoms with E-state index in [0.29, 0.717) is 6.42 Å². The van der Waals surface area contributed by atoms with Gasteiger partial charge in [-0.1, -0.05) is 38.3 Å². The van der Waals surface area contributed by atoms with E-state index in [2.05, 4.69) is 19.1 Å². The molecule has 15 heavy (non-hydrogen) atoms. The Morgan fingerprint density at radius 3 is 2.93 bits per heavy atom. The van der Waals surface area contributed by atoms with Crippen LogP contribution in [0.2, 0.25) is 0 Å². The monoisotopic (exact) mass is 210 g/mol. The molecule has 2 heteroatoms. The number of carbonyl (C=O) groups is 1. The summed E-state index contributed by atoms with van der Waals surface area (Å²) in [4.78, 5) is 10.9. The standard InChI is InChI=1S/C13H22O2/c1-2-3-8-13(11-12(14)15)9-6-4-5-7-10-13/h6,9H,2-5,7-8,10-11H2,1H3,(H,14,15). The van der Waals surface area contributed by atoms with E-state index in [1.807, 2.05) is 0 Å². The van der Waals surface area contributed by atoms with Gasteiger partial charge in [0, 0.05) is 0 Å². The lowest BCUT2D eigenvalue weighted by Crippen LogP contribution is -2.22. The molecule has 0 amide bonds. The number of hydrogen-bond acceptors (Lipinski definition) is 1. The van der Waals surface area contributed by atoms with Crippen LogP contribution in [-0.2, 0) is 4.79 Å². The third-order valence-corrected chi connectivity index (χ3v) is 3.30. The van der Waals surface area contributed by atoms with Gasteiger partial charge in [0.15, 0.2) is 0 Å². The number of aliphatic carboxylic acids is 1. The van der Waals surface area contributed by atoms with Crippen LogP contribution in [0.25, 0.3) is 0 Å². The molecule has 1 aliphatic carbocycles. The van der Waals surface area contributed by atoms with Crippen molar-refractivity contribution in [2.75, 3.05) is 0 Å². The molecule has 0 spiro atoms. The summed E-state index contributed by atoms with van der Waals surface area (Å²) < 4.78 is 0. The molecule has 0 radical (unpaired) electrons. The van der Waals surface area contributed by atoms with Crippen LogP contribution in [-0.4, -0.2) is 11.1 Å². The Hall–Kier alpha value is -0.790. The molecule has 0 heterocycles. The van der Waals surface area contributed by atoms with Crippen LogP contribution < -0.4 is 0 Å². The van der Waals surface area contributed by atoms with Crippen molar-refractivity contribution in [3.05, 3.63) is 12.2 Å². The molecule has 1 N–H and O–H groups in total. The molecule has 1 unspecified atom stereocenters. The van der Waals surface area contributed by atoms with Gasteiger partial charge in [0.25, 0.3) is 0 Å². The molecule has 2 nitrogen and oxygen atoms in total. The first-order valence-corrected chi connectivity index (χ1v) is 6.08. The molecule has 0 saturated heterocycles. The SMILES string of the molecule is CCCCC1(CC(=O)O)C=CCCCC1. The molecular formula is C13H22O2. The molecule has 1 rings (SSSR count). The maximum atomic E-state index is 10.9. The molecule has 0 fully saturated rings. The molecule has 1 aliphatic rings. The van der Waals surface area contributed by atoms with Crippen molar-refractivity contribution in [2.24, 2.45) is 5.41 Å².